The average Bonchev–Trinajstić information content (AvgIpc) is 3.37. The SMILES string of the molecule is COc1ccc(CN2Cc3c(cc(C4C=CCN4C(=O)OC(C)(C)C)cc3C(F)(F)F)C2=O)cc1. The van der Waals surface area contributed by atoms with E-state index in [1.165, 1.54) is 23.0 Å². The second kappa shape index (κ2) is 8.94. The Morgan fingerprint density at radius 1 is 1.11 bits per heavy atom. The summed E-state index contributed by atoms with van der Waals surface area (Å²) >= 11 is 0. The fourth-order valence-electron chi connectivity index (χ4n) is 4.31. The molecule has 1 unspecified atom stereocenters. The lowest BCUT2D eigenvalue weighted by atomic mass is 9.95. The fourth-order valence-corrected chi connectivity index (χ4v) is 4.31. The van der Waals surface area contributed by atoms with Gasteiger partial charge in [0.25, 0.3) is 5.91 Å². The molecule has 0 saturated carbocycles. The zero-order chi connectivity index (χ0) is 25.5. The van der Waals surface area contributed by atoms with Gasteiger partial charge in [-0.3, -0.25) is 9.69 Å². The van der Waals surface area contributed by atoms with Gasteiger partial charge in [-0.05, 0) is 61.7 Å². The number of carbonyl (C=O) groups is 2. The topological polar surface area (TPSA) is 59.1 Å². The first-order valence-corrected chi connectivity index (χ1v) is 11.2. The van der Waals surface area contributed by atoms with Crippen molar-refractivity contribution in [2.24, 2.45) is 0 Å². The van der Waals surface area contributed by atoms with Crippen LogP contribution in [0.1, 0.15) is 59.4 Å². The summed E-state index contributed by atoms with van der Waals surface area (Å²) in [6, 6.07) is 8.76. The molecular weight excluding hydrogens is 461 g/mol. The number of amides is 2. The second-order valence-corrected chi connectivity index (χ2v) is 9.61. The lowest BCUT2D eigenvalue weighted by Crippen LogP contribution is -2.37. The highest BCUT2D eigenvalue weighted by Gasteiger charge is 2.41. The molecule has 2 aliphatic heterocycles. The largest absolute Gasteiger partial charge is 0.497 e. The molecule has 9 heteroatoms. The molecule has 2 aliphatic rings. The Morgan fingerprint density at radius 2 is 1.80 bits per heavy atom. The lowest BCUT2D eigenvalue weighted by Gasteiger charge is -2.29. The monoisotopic (exact) mass is 488 g/mol. The van der Waals surface area contributed by atoms with Crippen molar-refractivity contribution in [1.82, 2.24) is 9.80 Å². The van der Waals surface area contributed by atoms with Gasteiger partial charge in [0.1, 0.15) is 11.4 Å². The molecule has 0 radical (unpaired) electrons. The smallest absolute Gasteiger partial charge is 0.416 e. The third-order valence-electron chi connectivity index (χ3n) is 5.90. The van der Waals surface area contributed by atoms with Crippen LogP contribution in [0.15, 0.2) is 48.6 Å². The third kappa shape index (κ3) is 5.13. The minimum atomic E-state index is -4.66. The predicted octanol–water partition coefficient (Wildman–Crippen LogP) is 5.72. The Morgan fingerprint density at radius 3 is 2.40 bits per heavy atom. The maximum absolute atomic E-state index is 14.1. The van der Waals surface area contributed by atoms with E-state index in [-0.39, 0.29) is 36.3 Å². The van der Waals surface area contributed by atoms with Crippen LogP contribution in [0.3, 0.4) is 0 Å². The number of methoxy groups -OCH3 is 1. The van der Waals surface area contributed by atoms with Gasteiger partial charge in [0.05, 0.1) is 18.7 Å². The zero-order valence-electron chi connectivity index (χ0n) is 20.0. The molecule has 0 spiro atoms. The summed E-state index contributed by atoms with van der Waals surface area (Å²) in [6.07, 6.45) is -1.93. The second-order valence-electron chi connectivity index (χ2n) is 9.61. The van der Waals surface area contributed by atoms with Crippen LogP contribution >= 0.6 is 0 Å². The molecule has 1 atom stereocenters. The number of ether oxygens (including phenoxy) is 2. The summed E-state index contributed by atoms with van der Waals surface area (Å²) in [5.41, 5.74) is -0.665. The van der Waals surface area contributed by atoms with E-state index in [2.05, 4.69) is 0 Å². The molecule has 2 amide bonds. The van der Waals surface area contributed by atoms with Gasteiger partial charge in [-0.2, -0.15) is 13.2 Å². The highest BCUT2D eigenvalue weighted by atomic mass is 19.4. The minimum absolute atomic E-state index is 0.00720. The summed E-state index contributed by atoms with van der Waals surface area (Å²) in [5, 5.41) is 0. The number of alkyl halides is 3. The minimum Gasteiger partial charge on any atom is -0.497 e. The van der Waals surface area contributed by atoms with E-state index < -0.39 is 35.4 Å². The molecular formula is C26H27F3N2O4. The first-order chi connectivity index (χ1) is 16.4. The Kier molecular flexibility index (Phi) is 6.29. The van der Waals surface area contributed by atoms with Gasteiger partial charge in [-0.25, -0.2) is 4.79 Å². The predicted molar refractivity (Wildman–Crippen MR) is 123 cm³/mol. The van der Waals surface area contributed by atoms with Crippen LogP contribution in [-0.2, 0) is 24.0 Å². The number of carbonyl (C=O) groups excluding carboxylic acids is 2. The number of benzene rings is 2. The van der Waals surface area contributed by atoms with Gasteiger partial charge < -0.3 is 14.4 Å². The molecule has 0 bridgehead atoms. The van der Waals surface area contributed by atoms with Gasteiger partial charge in [0.2, 0.25) is 0 Å². The van der Waals surface area contributed by atoms with Crippen LogP contribution in [0.4, 0.5) is 18.0 Å². The van der Waals surface area contributed by atoms with Crippen molar-refractivity contribution >= 4 is 12.0 Å². The lowest BCUT2D eigenvalue weighted by molar-refractivity contribution is -0.138. The van der Waals surface area contributed by atoms with Crippen LogP contribution in [0.5, 0.6) is 5.75 Å². The van der Waals surface area contributed by atoms with Crippen molar-refractivity contribution in [1.29, 1.82) is 0 Å². The molecule has 0 aliphatic carbocycles. The molecule has 4 rings (SSSR count). The Bertz CT molecular complexity index is 1170. The normalized spacial score (nSPS) is 17.7. The molecule has 0 N–H and O–H groups in total. The number of rotatable bonds is 4. The number of hydrogen-bond acceptors (Lipinski definition) is 4. The van der Waals surface area contributed by atoms with Gasteiger partial charge >= 0.3 is 12.3 Å². The quantitative estimate of drug-likeness (QED) is 0.517. The summed E-state index contributed by atoms with van der Waals surface area (Å²) in [6.45, 7) is 5.38. The van der Waals surface area contributed by atoms with Gasteiger partial charge in [0.15, 0.2) is 0 Å². The maximum atomic E-state index is 14.1. The van der Waals surface area contributed by atoms with E-state index in [1.807, 2.05) is 0 Å². The molecule has 35 heavy (non-hydrogen) atoms. The van der Waals surface area contributed by atoms with E-state index in [4.69, 9.17) is 9.47 Å². The van der Waals surface area contributed by atoms with Crippen LogP contribution in [-0.4, -0.2) is 41.1 Å². The van der Waals surface area contributed by atoms with Crippen LogP contribution in [0.25, 0.3) is 0 Å². The Labute approximate surface area is 201 Å². The Balaban J connectivity index is 1.66. The third-order valence-corrected chi connectivity index (χ3v) is 5.90. The fraction of sp³-hybridized carbons (Fsp3) is 0.385. The Hall–Kier alpha value is -3.49. The number of nitrogens with zero attached hydrogens (tertiary/aromatic N) is 2. The van der Waals surface area contributed by atoms with E-state index in [0.717, 1.165) is 11.6 Å². The maximum Gasteiger partial charge on any atom is 0.416 e. The summed E-state index contributed by atoms with van der Waals surface area (Å²) in [4.78, 5) is 28.6. The summed E-state index contributed by atoms with van der Waals surface area (Å²) < 4.78 is 52.8. The molecule has 2 aromatic rings. The summed E-state index contributed by atoms with van der Waals surface area (Å²) in [5.74, 6) is 0.168. The van der Waals surface area contributed by atoms with E-state index in [1.54, 1.807) is 57.2 Å². The molecule has 0 saturated heterocycles. The van der Waals surface area contributed by atoms with Crippen LogP contribution < -0.4 is 4.74 Å². The highest BCUT2D eigenvalue weighted by molar-refractivity contribution is 5.99. The molecule has 0 aromatic heterocycles. The van der Waals surface area contributed by atoms with Crippen molar-refractivity contribution in [3.8, 4) is 5.75 Å². The first-order valence-electron chi connectivity index (χ1n) is 11.2. The van der Waals surface area contributed by atoms with E-state index >= 15 is 0 Å². The highest BCUT2D eigenvalue weighted by Crippen LogP contribution is 2.41. The average molecular weight is 489 g/mol. The molecule has 6 nitrogen and oxygen atoms in total. The standard InChI is InChI=1S/C26H27F3N2O4/c1-25(2,3)35-24(33)31-11-5-6-22(31)17-12-19-20(21(13-17)26(27,28)29)15-30(23(19)32)14-16-7-9-18(34-4)10-8-16/h5-10,12-13,22H,11,14-15H2,1-4H3. The number of halogens is 3. The summed E-state index contributed by atoms with van der Waals surface area (Å²) in [7, 11) is 1.54. The van der Waals surface area contributed by atoms with Crippen molar-refractivity contribution in [3.63, 3.8) is 0 Å². The van der Waals surface area contributed by atoms with E-state index in [9.17, 15) is 22.8 Å². The van der Waals surface area contributed by atoms with Crippen molar-refractivity contribution in [2.75, 3.05) is 13.7 Å². The van der Waals surface area contributed by atoms with Gasteiger partial charge in [-0.1, -0.05) is 24.3 Å². The van der Waals surface area contributed by atoms with E-state index in [0.29, 0.717) is 5.75 Å². The molecule has 2 aromatic carbocycles. The number of fused-ring (bicyclic) bond motifs is 1. The van der Waals surface area contributed by atoms with Gasteiger partial charge in [-0.15, -0.1) is 0 Å². The van der Waals surface area contributed by atoms with Crippen molar-refractivity contribution in [3.05, 3.63) is 76.4 Å². The zero-order valence-corrected chi connectivity index (χ0v) is 20.0. The van der Waals surface area contributed by atoms with Crippen LogP contribution in [0, 0.1) is 0 Å². The first kappa shape index (κ1) is 24.6. The molecule has 186 valence electrons. The molecule has 2 heterocycles. The van der Waals surface area contributed by atoms with Gasteiger partial charge in [0, 0.05) is 25.2 Å². The van der Waals surface area contributed by atoms with Crippen molar-refractivity contribution in [2.45, 2.75) is 51.7 Å². The van der Waals surface area contributed by atoms with Crippen LogP contribution in [0.2, 0.25) is 0 Å². The van der Waals surface area contributed by atoms with Crippen molar-refractivity contribution < 1.29 is 32.2 Å². The molecule has 0 fully saturated rings. The number of hydrogen-bond donors (Lipinski definition) is 0.